The number of halogens is 1. The van der Waals surface area contributed by atoms with Crippen LogP contribution in [0, 0.1) is 0 Å². The fourth-order valence-electron chi connectivity index (χ4n) is 4.03. The van der Waals surface area contributed by atoms with Crippen LogP contribution in [0.25, 0.3) is 5.70 Å². The van der Waals surface area contributed by atoms with Gasteiger partial charge in [-0.2, -0.15) is 0 Å². The molecule has 35 heavy (non-hydrogen) atoms. The Hall–Kier alpha value is -3.84. The number of carbonyl (C=O) groups excluding carboxylic acids is 2. The number of nitrogens with zero attached hydrogens (tertiary/aromatic N) is 1. The van der Waals surface area contributed by atoms with E-state index in [1.54, 1.807) is 42.5 Å². The van der Waals surface area contributed by atoms with Crippen molar-refractivity contribution in [1.29, 1.82) is 0 Å². The molecule has 0 unspecified atom stereocenters. The molecular formula is C27H27ClN4O3. The maximum atomic E-state index is 13.0. The predicted octanol–water partition coefficient (Wildman–Crippen LogP) is 5.88. The second kappa shape index (κ2) is 11.1. The molecule has 0 bridgehead atoms. The second-order valence-electron chi connectivity index (χ2n) is 8.34. The summed E-state index contributed by atoms with van der Waals surface area (Å²) in [4.78, 5) is 30.0. The van der Waals surface area contributed by atoms with Gasteiger partial charge in [0.15, 0.2) is 0 Å². The molecule has 0 atom stereocenters. The molecule has 1 aromatic heterocycles. The Morgan fingerprint density at radius 2 is 1.63 bits per heavy atom. The molecule has 0 spiro atoms. The minimum absolute atomic E-state index is 0.234. The van der Waals surface area contributed by atoms with E-state index in [-0.39, 0.29) is 11.5 Å². The van der Waals surface area contributed by atoms with E-state index < -0.39 is 5.91 Å². The molecule has 4 rings (SSSR count). The maximum absolute atomic E-state index is 13.0. The topological polar surface area (TPSA) is 106 Å². The number of pyridine rings is 1. The first-order chi connectivity index (χ1) is 16.9. The molecule has 0 radical (unpaired) electrons. The van der Waals surface area contributed by atoms with Crippen LogP contribution in [-0.2, 0) is 0 Å². The summed E-state index contributed by atoms with van der Waals surface area (Å²) in [5.74, 6) is 0.0214. The van der Waals surface area contributed by atoms with Crippen LogP contribution in [0.3, 0.4) is 0 Å². The van der Waals surface area contributed by atoms with Crippen LogP contribution in [0.5, 0.6) is 5.75 Å². The van der Waals surface area contributed by atoms with Gasteiger partial charge < -0.3 is 21.1 Å². The third-order valence-electron chi connectivity index (χ3n) is 5.98. The van der Waals surface area contributed by atoms with Crippen LogP contribution in [0.15, 0.2) is 66.4 Å². The van der Waals surface area contributed by atoms with E-state index >= 15 is 0 Å². The number of hydrogen-bond acceptors (Lipinski definition) is 5. The lowest BCUT2D eigenvalue weighted by Gasteiger charge is -2.17. The van der Waals surface area contributed by atoms with Crippen molar-refractivity contribution in [3.8, 4) is 5.75 Å². The van der Waals surface area contributed by atoms with Gasteiger partial charge in [-0.05, 0) is 79.3 Å². The molecular weight excluding hydrogens is 464 g/mol. The molecule has 2 amide bonds. The van der Waals surface area contributed by atoms with E-state index in [0.29, 0.717) is 27.8 Å². The molecule has 7 nitrogen and oxygen atoms in total. The number of hydrogen-bond donors (Lipinski definition) is 3. The minimum Gasteiger partial charge on any atom is -0.497 e. The summed E-state index contributed by atoms with van der Waals surface area (Å²) >= 11 is 5.86. The summed E-state index contributed by atoms with van der Waals surface area (Å²) in [6, 6.07) is 15.3. The highest BCUT2D eigenvalue weighted by atomic mass is 35.5. The number of benzene rings is 2. The minimum atomic E-state index is -0.448. The summed E-state index contributed by atoms with van der Waals surface area (Å²) in [5.41, 5.74) is 10.4. The fraction of sp³-hybridized carbons (Fsp3) is 0.222. The second-order valence-corrected chi connectivity index (χ2v) is 8.77. The van der Waals surface area contributed by atoms with Crippen LogP contribution in [-0.4, -0.2) is 23.9 Å². The van der Waals surface area contributed by atoms with Crippen molar-refractivity contribution in [2.24, 2.45) is 5.73 Å². The summed E-state index contributed by atoms with van der Waals surface area (Å²) in [6.07, 6.45) is 7.08. The predicted molar refractivity (Wildman–Crippen MR) is 139 cm³/mol. The quantitative estimate of drug-likeness (QED) is 0.400. The maximum Gasteiger partial charge on any atom is 0.259 e. The number of methoxy groups -OCH3 is 1. The lowest BCUT2D eigenvalue weighted by Crippen LogP contribution is -2.19. The van der Waals surface area contributed by atoms with Crippen LogP contribution in [0.2, 0.25) is 5.02 Å². The van der Waals surface area contributed by atoms with E-state index in [9.17, 15) is 9.59 Å². The average Bonchev–Trinajstić information content (AvgIpc) is 2.90. The van der Waals surface area contributed by atoms with Crippen molar-refractivity contribution in [2.45, 2.75) is 32.1 Å². The Morgan fingerprint density at radius 3 is 2.29 bits per heavy atom. The summed E-state index contributed by atoms with van der Waals surface area (Å²) in [7, 11) is 1.51. The van der Waals surface area contributed by atoms with Crippen molar-refractivity contribution in [3.63, 3.8) is 0 Å². The average molecular weight is 491 g/mol. The zero-order chi connectivity index (χ0) is 24.8. The van der Waals surface area contributed by atoms with Gasteiger partial charge in [-0.1, -0.05) is 30.2 Å². The number of allylic oxidation sites excluding steroid dienone is 1. The molecule has 1 heterocycles. The molecule has 4 N–H and O–H groups in total. The zero-order valence-electron chi connectivity index (χ0n) is 19.4. The SMILES string of the molecule is COc1ccc(NC(=O)c2ccc(C(N)=C3CCCCC3)cc2)c(C(=O)Nc2ccc(Cl)cn2)c1. The molecule has 1 aliphatic carbocycles. The number of rotatable bonds is 6. The Labute approximate surface area is 209 Å². The molecule has 1 fully saturated rings. The summed E-state index contributed by atoms with van der Waals surface area (Å²) in [5, 5.41) is 5.99. The van der Waals surface area contributed by atoms with Crippen molar-refractivity contribution in [3.05, 3.63) is 88.1 Å². The molecule has 2 aromatic carbocycles. The van der Waals surface area contributed by atoms with Gasteiger partial charge in [0.25, 0.3) is 11.8 Å². The van der Waals surface area contributed by atoms with Crippen molar-refractivity contribution < 1.29 is 14.3 Å². The third-order valence-corrected chi connectivity index (χ3v) is 6.21. The highest BCUT2D eigenvalue weighted by Gasteiger charge is 2.17. The Kier molecular flexibility index (Phi) is 7.67. The lowest BCUT2D eigenvalue weighted by molar-refractivity contribution is 0.102. The van der Waals surface area contributed by atoms with E-state index in [1.807, 2.05) is 12.1 Å². The molecule has 1 aliphatic rings. The van der Waals surface area contributed by atoms with Gasteiger partial charge in [0.05, 0.1) is 23.4 Å². The molecule has 8 heteroatoms. The smallest absolute Gasteiger partial charge is 0.259 e. The number of nitrogens with two attached hydrogens (primary N) is 1. The molecule has 180 valence electrons. The summed E-state index contributed by atoms with van der Waals surface area (Å²) in [6.45, 7) is 0. The Balaban J connectivity index is 1.52. The van der Waals surface area contributed by atoms with Crippen molar-refractivity contribution in [1.82, 2.24) is 4.98 Å². The van der Waals surface area contributed by atoms with Crippen LogP contribution < -0.4 is 21.1 Å². The third kappa shape index (κ3) is 6.00. The number of anilines is 2. The van der Waals surface area contributed by atoms with E-state index in [4.69, 9.17) is 22.1 Å². The van der Waals surface area contributed by atoms with Crippen LogP contribution in [0.4, 0.5) is 11.5 Å². The molecule has 0 aliphatic heterocycles. The van der Waals surface area contributed by atoms with Crippen molar-refractivity contribution in [2.75, 3.05) is 17.7 Å². The zero-order valence-corrected chi connectivity index (χ0v) is 20.2. The monoisotopic (exact) mass is 490 g/mol. The highest BCUT2D eigenvalue weighted by molar-refractivity contribution is 6.30. The highest BCUT2D eigenvalue weighted by Crippen LogP contribution is 2.28. The Morgan fingerprint density at radius 1 is 0.914 bits per heavy atom. The molecule has 0 saturated heterocycles. The largest absolute Gasteiger partial charge is 0.497 e. The normalized spacial score (nSPS) is 13.1. The van der Waals surface area contributed by atoms with E-state index in [2.05, 4.69) is 15.6 Å². The van der Waals surface area contributed by atoms with Gasteiger partial charge in [0, 0.05) is 17.5 Å². The standard InChI is InChI=1S/C27H27ClN4O3/c1-35-21-12-13-23(22(15-21)27(34)32-24-14-11-20(28)16-30-24)31-26(33)19-9-7-18(8-10-19)25(29)17-5-3-2-4-6-17/h7-16H,2-6,29H2,1H3,(H,31,33)(H,30,32,34). The number of amides is 2. The van der Waals surface area contributed by atoms with Gasteiger partial charge >= 0.3 is 0 Å². The van der Waals surface area contributed by atoms with Crippen LogP contribution in [0.1, 0.15) is 58.4 Å². The summed E-state index contributed by atoms with van der Waals surface area (Å²) < 4.78 is 5.26. The van der Waals surface area contributed by atoms with E-state index in [1.165, 1.54) is 38.1 Å². The number of carbonyl (C=O) groups is 2. The first kappa shape index (κ1) is 24.3. The van der Waals surface area contributed by atoms with Gasteiger partial charge in [-0.15, -0.1) is 0 Å². The number of aromatic nitrogens is 1. The fourth-order valence-corrected chi connectivity index (χ4v) is 4.14. The lowest BCUT2D eigenvalue weighted by atomic mass is 9.91. The van der Waals surface area contributed by atoms with Gasteiger partial charge in [0.2, 0.25) is 0 Å². The first-order valence-corrected chi connectivity index (χ1v) is 11.8. The number of ether oxygens (including phenoxy) is 1. The molecule has 1 saturated carbocycles. The van der Waals surface area contributed by atoms with Crippen LogP contribution >= 0.6 is 11.6 Å². The number of nitrogens with one attached hydrogen (secondary N) is 2. The molecule has 3 aromatic rings. The van der Waals surface area contributed by atoms with Gasteiger partial charge in [-0.25, -0.2) is 4.98 Å². The van der Waals surface area contributed by atoms with Gasteiger partial charge in [0.1, 0.15) is 11.6 Å². The first-order valence-electron chi connectivity index (χ1n) is 11.4. The van der Waals surface area contributed by atoms with Gasteiger partial charge in [-0.3, -0.25) is 9.59 Å². The van der Waals surface area contributed by atoms with Crippen molar-refractivity contribution >= 4 is 40.6 Å². The Bertz CT molecular complexity index is 1250. The van der Waals surface area contributed by atoms with E-state index in [0.717, 1.165) is 24.1 Å².